The van der Waals surface area contributed by atoms with Crippen LogP contribution in [-0.2, 0) is 7.05 Å². The minimum Gasteiger partial charge on any atom is -0.423 e. The molecule has 0 fully saturated rings. The van der Waals surface area contributed by atoms with Gasteiger partial charge in [0.05, 0.1) is 6.20 Å². The number of thioether (sulfide) groups is 1. The molecule has 0 radical (unpaired) electrons. The summed E-state index contributed by atoms with van der Waals surface area (Å²) in [5, 5.41) is 0. The minimum atomic E-state index is -4.89. The van der Waals surface area contributed by atoms with Crippen molar-refractivity contribution in [2.75, 3.05) is 5.75 Å². The molecular weight excluding hydrogens is 461 g/mol. The fraction of sp³-hybridized carbons (Fsp3) is 0.400. The van der Waals surface area contributed by atoms with Gasteiger partial charge in [-0.25, -0.2) is 18.2 Å². The van der Waals surface area contributed by atoms with Gasteiger partial charge in [-0.05, 0) is 27.7 Å². The second-order valence-corrected chi connectivity index (χ2v) is 7.37. The third kappa shape index (κ3) is 4.78. The molecule has 0 aliphatic rings. The lowest BCUT2D eigenvalue weighted by Crippen LogP contribution is -2.42. The smallest absolute Gasteiger partial charge is 0.423 e. The van der Waals surface area contributed by atoms with E-state index in [2.05, 4.69) is 30.6 Å². The van der Waals surface area contributed by atoms with E-state index >= 15 is 0 Å². The van der Waals surface area contributed by atoms with E-state index in [9.17, 15) is 26.7 Å². The first kappa shape index (κ1) is 21.6. The molecular formula is C15H13BrF5N3O2S. The molecule has 1 atom stereocenters. The van der Waals surface area contributed by atoms with Gasteiger partial charge in [0.1, 0.15) is 5.69 Å². The largest absolute Gasteiger partial charge is 0.436 e. The van der Waals surface area contributed by atoms with Gasteiger partial charge in [-0.15, -0.1) is 11.8 Å². The number of rotatable bonds is 7. The third-order valence-electron chi connectivity index (χ3n) is 3.26. The standard InChI is InChI=1S/C15H13BrF5N3O2S/c1-3-27-9-4-7(16)5-22-10(9)13-23-6-8(14(25)24(13)2)26-15(20,21)11(17)12(18)19/h4-6,11-12H,3H2,1-2H3. The fourth-order valence-corrected chi connectivity index (χ4v) is 3.30. The Bertz CT molecular complexity index is 881. The number of pyridine rings is 1. The maximum Gasteiger partial charge on any atom is 0.436 e. The summed E-state index contributed by atoms with van der Waals surface area (Å²) in [6.07, 6.45) is -10.6. The highest BCUT2D eigenvalue weighted by Crippen LogP contribution is 2.32. The first-order chi connectivity index (χ1) is 12.6. The van der Waals surface area contributed by atoms with Crippen LogP contribution < -0.4 is 10.3 Å². The van der Waals surface area contributed by atoms with Crippen LogP contribution in [0.5, 0.6) is 5.75 Å². The molecule has 1 unspecified atom stereocenters. The molecule has 27 heavy (non-hydrogen) atoms. The average Bonchev–Trinajstić information content (AvgIpc) is 2.59. The van der Waals surface area contributed by atoms with Crippen LogP contribution in [-0.4, -0.2) is 39.0 Å². The maximum atomic E-state index is 13.4. The van der Waals surface area contributed by atoms with Gasteiger partial charge in [0, 0.05) is 22.6 Å². The van der Waals surface area contributed by atoms with E-state index in [4.69, 9.17) is 0 Å². The number of nitrogens with zero attached hydrogens (tertiary/aromatic N) is 3. The molecule has 0 amide bonds. The van der Waals surface area contributed by atoms with Crippen LogP contribution in [0.15, 0.2) is 32.6 Å². The Morgan fingerprint density at radius 3 is 2.56 bits per heavy atom. The zero-order chi connectivity index (χ0) is 20.4. The van der Waals surface area contributed by atoms with Crippen molar-refractivity contribution in [2.24, 2.45) is 7.05 Å². The van der Waals surface area contributed by atoms with Gasteiger partial charge in [-0.2, -0.15) is 8.78 Å². The van der Waals surface area contributed by atoms with Crippen molar-refractivity contribution in [3.8, 4) is 17.3 Å². The Morgan fingerprint density at radius 1 is 1.30 bits per heavy atom. The summed E-state index contributed by atoms with van der Waals surface area (Å²) in [4.78, 5) is 21.0. The van der Waals surface area contributed by atoms with E-state index in [1.165, 1.54) is 25.0 Å². The molecule has 0 aromatic carbocycles. The monoisotopic (exact) mass is 473 g/mol. The number of alkyl halides is 5. The molecule has 0 aliphatic carbocycles. The van der Waals surface area contributed by atoms with Crippen molar-refractivity contribution < 1.29 is 26.7 Å². The average molecular weight is 474 g/mol. The van der Waals surface area contributed by atoms with E-state index in [-0.39, 0.29) is 5.82 Å². The predicted octanol–water partition coefficient (Wildman–Crippen LogP) is 4.29. The van der Waals surface area contributed by atoms with E-state index in [1.54, 1.807) is 6.07 Å². The fourth-order valence-electron chi connectivity index (χ4n) is 2.02. The van der Waals surface area contributed by atoms with Gasteiger partial charge < -0.3 is 4.74 Å². The predicted molar refractivity (Wildman–Crippen MR) is 93.3 cm³/mol. The van der Waals surface area contributed by atoms with Gasteiger partial charge in [0.2, 0.25) is 5.75 Å². The molecule has 0 aliphatic heterocycles. The molecule has 0 spiro atoms. The molecule has 2 rings (SSSR count). The van der Waals surface area contributed by atoms with Crippen molar-refractivity contribution >= 4 is 27.7 Å². The van der Waals surface area contributed by atoms with Crippen LogP contribution in [0.2, 0.25) is 0 Å². The number of hydrogen-bond acceptors (Lipinski definition) is 5. The van der Waals surface area contributed by atoms with Gasteiger partial charge in [-0.3, -0.25) is 14.3 Å². The molecule has 0 N–H and O–H groups in total. The van der Waals surface area contributed by atoms with Crippen molar-refractivity contribution in [2.45, 2.75) is 30.5 Å². The lowest BCUT2D eigenvalue weighted by molar-refractivity contribution is -0.245. The molecule has 2 aromatic heterocycles. The van der Waals surface area contributed by atoms with Gasteiger partial charge in [-0.1, -0.05) is 6.92 Å². The second kappa shape index (κ2) is 8.55. The summed E-state index contributed by atoms with van der Waals surface area (Å²) in [6, 6.07) is 1.75. The van der Waals surface area contributed by atoms with Gasteiger partial charge in [0.15, 0.2) is 5.82 Å². The lowest BCUT2D eigenvalue weighted by atomic mass is 10.3. The molecule has 148 valence electrons. The molecule has 0 saturated carbocycles. The lowest BCUT2D eigenvalue weighted by Gasteiger charge is -2.21. The summed E-state index contributed by atoms with van der Waals surface area (Å²) in [5.41, 5.74) is -0.780. The number of ether oxygens (including phenoxy) is 1. The zero-order valence-corrected chi connectivity index (χ0v) is 16.3. The van der Waals surface area contributed by atoms with Crippen LogP contribution in [0.25, 0.3) is 11.5 Å². The van der Waals surface area contributed by atoms with E-state index in [0.29, 0.717) is 27.0 Å². The summed E-state index contributed by atoms with van der Waals surface area (Å²) < 4.78 is 69.7. The Hall–Kier alpha value is -1.69. The molecule has 2 heterocycles. The van der Waals surface area contributed by atoms with E-state index in [1.807, 2.05) is 6.92 Å². The molecule has 0 bridgehead atoms. The topological polar surface area (TPSA) is 57.0 Å². The molecule has 2 aromatic rings. The number of aromatic nitrogens is 3. The van der Waals surface area contributed by atoms with Crippen molar-refractivity contribution in [1.29, 1.82) is 0 Å². The molecule has 5 nitrogen and oxygen atoms in total. The summed E-state index contributed by atoms with van der Waals surface area (Å²) in [7, 11) is 1.22. The number of hydrogen-bond donors (Lipinski definition) is 0. The van der Waals surface area contributed by atoms with Crippen LogP contribution in [0.4, 0.5) is 22.0 Å². The first-order valence-corrected chi connectivity index (χ1v) is 9.20. The van der Waals surface area contributed by atoms with Gasteiger partial charge in [0.25, 0.3) is 18.2 Å². The van der Waals surface area contributed by atoms with Crippen LogP contribution in [0, 0.1) is 0 Å². The summed E-state index contributed by atoms with van der Waals surface area (Å²) in [6.45, 7) is 1.90. The quantitative estimate of drug-likeness (QED) is 0.443. The van der Waals surface area contributed by atoms with Crippen molar-refractivity contribution in [3.63, 3.8) is 0 Å². The van der Waals surface area contributed by atoms with Crippen molar-refractivity contribution in [3.05, 3.63) is 33.3 Å². The van der Waals surface area contributed by atoms with Crippen LogP contribution in [0.1, 0.15) is 6.92 Å². The summed E-state index contributed by atoms with van der Waals surface area (Å²) in [5.74, 6) is -0.320. The SMILES string of the molecule is CCSc1cc(Br)cnc1-c1ncc(OC(F)(F)C(F)C(F)F)c(=O)n1C. The minimum absolute atomic E-state index is 0.0461. The van der Waals surface area contributed by atoms with Crippen LogP contribution >= 0.6 is 27.7 Å². The summed E-state index contributed by atoms with van der Waals surface area (Å²) >= 11 is 4.69. The Balaban J connectivity index is 2.46. The van der Waals surface area contributed by atoms with E-state index < -0.39 is 30.0 Å². The normalized spacial score (nSPS) is 13.1. The van der Waals surface area contributed by atoms with Crippen LogP contribution in [0.3, 0.4) is 0 Å². The Kier molecular flexibility index (Phi) is 6.84. The van der Waals surface area contributed by atoms with Crippen molar-refractivity contribution in [1.82, 2.24) is 14.5 Å². The highest BCUT2D eigenvalue weighted by Gasteiger charge is 2.49. The second-order valence-electron chi connectivity index (χ2n) is 5.14. The Labute approximate surface area is 163 Å². The third-order valence-corrected chi connectivity index (χ3v) is 4.60. The Morgan fingerprint density at radius 2 is 1.96 bits per heavy atom. The highest BCUT2D eigenvalue weighted by atomic mass is 79.9. The zero-order valence-electron chi connectivity index (χ0n) is 13.9. The molecule has 0 saturated heterocycles. The molecule has 12 heteroatoms. The first-order valence-electron chi connectivity index (χ1n) is 7.42. The number of halogens is 6. The highest BCUT2D eigenvalue weighted by molar-refractivity contribution is 9.10. The van der Waals surface area contributed by atoms with E-state index in [0.717, 1.165) is 4.57 Å². The van der Waals surface area contributed by atoms with Gasteiger partial charge >= 0.3 is 6.11 Å². The maximum absolute atomic E-state index is 13.4.